The van der Waals surface area contributed by atoms with Crippen LogP contribution in [-0.2, 0) is 4.74 Å². The second-order valence-electron chi connectivity index (χ2n) is 5.18. The number of aromatic nitrogens is 1. The molecule has 0 aliphatic rings. The van der Waals surface area contributed by atoms with Crippen molar-refractivity contribution in [3.8, 4) is 5.75 Å². The first-order valence-corrected chi connectivity index (χ1v) is 6.69. The number of hydrogen-bond donors (Lipinski definition) is 0. The molecule has 4 nitrogen and oxygen atoms in total. The molecule has 2 rings (SSSR count). The lowest BCUT2D eigenvalue weighted by Gasteiger charge is -2.20. The SMILES string of the molecule is COc1ccc(Br)c2ccn(C(=O)OC(C)(C)C)c12. The average molecular weight is 326 g/mol. The molecule has 0 saturated heterocycles. The Balaban J connectivity index is 2.56. The fourth-order valence-electron chi connectivity index (χ4n) is 1.82. The largest absolute Gasteiger partial charge is 0.495 e. The van der Waals surface area contributed by atoms with Crippen molar-refractivity contribution in [3.63, 3.8) is 0 Å². The van der Waals surface area contributed by atoms with Gasteiger partial charge in [0.05, 0.1) is 7.11 Å². The first kappa shape index (κ1) is 13.9. The van der Waals surface area contributed by atoms with Crippen LogP contribution in [0, 0.1) is 0 Å². The third-order valence-corrected chi connectivity index (χ3v) is 3.26. The van der Waals surface area contributed by atoms with E-state index < -0.39 is 11.7 Å². The molecule has 0 amide bonds. The maximum Gasteiger partial charge on any atom is 0.419 e. The van der Waals surface area contributed by atoms with E-state index in [0.29, 0.717) is 11.3 Å². The molecular weight excluding hydrogens is 310 g/mol. The molecule has 0 unspecified atom stereocenters. The molecule has 0 fully saturated rings. The van der Waals surface area contributed by atoms with Crippen LogP contribution in [-0.4, -0.2) is 23.4 Å². The third-order valence-electron chi connectivity index (χ3n) is 2.57. The zero-order valence-electron chi connectivity index (χ0n) is 11.4. The van der Waals surface area contributed by atoms with Crippen molar-refractivity contribution in [2.45, 2.75) is 26.4 Å². The maximum absolute atomic E-state index is 12.2. The fourth-order valence-corrected chi connectivity index (χ4v) is 2.27. The second kappa shape index (κ2) is 4.89. The molecule has 102 valence electrons. The number of fused-ring (bicyclic) bond motifs is 1. The topological polar surface area (TPSA) is 40.5 Å². The minimum Gasteiger partial charge on any atom is -0.495 e. The monoisotopic (exact) mass is 325 g/mol. The molecule has 0 bridgehead atoms. The molecule has 0 radical (unpaired) electrons. The van der Waals surface area contributed by atoms with Crippen molar-refractivity contribution in [1.82, 2.24) is 4.57 Å². The second-order valence-corrected chi connectivity index (χ2v) is 6.03. The van der Waals surface area contributed by atoms with Crippen LogP contribution in [0.15, 0.2) is 28.9 Å². The predicted molar refractivity (Wildman–Crippen MR) is 77.8 cm³/mol. The summed E-state index contributed by atoms with van der Waals surface area (Å²) in [6.45, 7) is 5.51. The van der Waals surface area contributed by atoms with Crippen LogP contribution >= 0.6 is 15.9 Å². The summed E-state index contributed by atoms with van der Waals surface area (Å²) in [5, 5.41) is 0.908. The Labute approximate surface area is 120 Å². The van der Waals surface area contributed by atoms with Gasteiger partial charge in [-0.3, -0.25) is 0 Å². The minimum atomic E-state index is -0.535. The van der Waals surface area contributed by atoms with E-state index in [4.69, 9.17) is 9.47 Å². The molecule has 5 heteroatoms. The van der Waals surface area contributed by atoms with Crippen LogP contribution in [0.2, 0.25) is 0 Å². The van der Waals surface area contributed by atoms with E-state index in [2.05, 4.69) is 15.9 Å². The van der Waals surface area contributed by atoms with E-state index in [-0.39, 0.29) is 0 Å². The lowest BCUT2D eigenvalue weighted by molar-refractivity contribution is 0.0544. The van der Waals surface area contributed by atoms with E-state index in [1.165, 1.54) is 4.57 Å². The van der Waals surface area contributed by atoms with Crippen molar-refractivity contribution in [2.75, 3.05) is 7.11 Å². The van der Waals surface area contributed by atoms with Crippen LogP contribution in [0.4, 0.5) is 4.79 Å². The molecule has 0 aliphatic heterocycles. The van der Waals surface area contributed by atoms with Crippen LogP contribution in [0.3, 0.4) is 0 Å². The van der Waals surface area contributed by atoms with Crippen molar-refractivity contribution in [1.29, 1.82) is 0 Å². The van der Waals surface area contributed by atoms with Crippen LogP contribution in [0.25, 0.3) is 10.9 Å². The third kappa shape index (κ3) is 2.76. The first-order chi connectivity index (χ1) is 8.83. The number of carbonyl (C=O) groups is 1. The smallest absolute Gasteiger partial charge is 0.419 e. The van der Waals surface area contributed by atoms with Crippen molar-refractivity contribution in [2.24, 2.45) is 0 Å². The molecule has 19 heavy (non-hydrogen) atoms. The van der Waals surface area contributed by atoms with Gasteiger partial charge in [-0.05, 0) is 39.0 Å². The zero-order valence-corrected chi connectivity index (χ0v) is 12.9. The molecule has 0 spiro atoms. The van der Waals surface area contributed by atoms with Crippen LogP contribution < -0.4 is 4.74 Å². The molecular formula is C14H16BrNO3. The number of halogens is 1. The Bertz CT molecular complexity index is 625. The van der Waals surface area contributed by atoms with Gasteiger partial charge in [-0.15, -0.1) is 0 Å². The molecule has 0 saturated carbocycles. The summed E-state index contributed by atoms with van der Waals surface area (Å²) < 4.78 is 13.1. The highest BCUT2D eigenvalue weighted by Crippen LogP contribution is 2.32. The van der Waals surface area contributed by atoms with E-state index >= 15 is 0 Å². The summed E-state index contributed by atoms with van der Waals surface area (Å²) in [6.07, 6.45) is 1.27. The highest BCUT2D eigenvalue weighted by Gasteiger charge is 2.21. The number of nitrogens with zero attached hydrogens (tertiary/aromatic N) is 1. The predicted octanol–water partition coefficient (Wildman–Crippen LogP) is 4.20. The number of methoxy groups -OCH3 is 1. The Morgan fingerprint density at radius 1 is 1.26 bits per heavy atom. The Morgan fingerprint density at radius 2 is 1.95 bits per heavy atom. The lowest BCUT2D eigenvalue weighted by atomic mass is 10.2. The molecule has 0 aliphatic carbocycles. The van der Waals surface area contributed by atoms with Crippen molar-refractivity contribution >= 4 is 32.9 Å². The number of ether oxygens (including phenoxy) is 2. The number of hydrogen-bond acceptors (Lipinski definition) is 3. The molecule has 2 aromatic rings. The van der Waals surface area contributed by atoms with Gasteiger partial charge in [0, 0.05) is 16.1 Å². The molecule has 0 atom stereocenters. The van der Waals surface area contributed by atoms with Gasteiger partial charge in [0.15, 0.2) is 0 Å². The van der Waals surface area contributed by atoms with Crippen molar-refractivity contribution < 1.29 is 14.3 Å². The summed E-state index contributed by atoms with van der Waals surface area (Å²) in [4.78, 5) is 12.2. The maximum atomic E-state index is 12.2. The van der Waals surface area contributed by atoms with Gasteiger partial charge >= 0.3 is 6.09 Å². The van der Waals surface area contributed by atoms with Gasteiger partial charge in [-0.25, -0.2) is 9.36 Å². The highest BCUT2D eigenvalue weighted by atomic mass is 79.9. The highest BCUT2D eigenvalue weighted by molar-refractivity contribution is 9.10. The summed E-state index contributed by atoms with van der Waals surface area (Å²) in [5.74, 6) is 0.633. The first-order valence-electron chi connectivity index (χ1n) is 5.90. The van der Waals surface area contributed by atoms with Gasteiger partial charge < -0.3 is 9.47 Å². The average Bonchev–Trinajstić information content (AvgIpc) is 2.73. The fraction of sp³-hybridized carbons (Fsp3) is 0.357. The molecule has 1 heterocycles. The lowest BCUT2D eigenvalue weighted by Crippen LogP contribution is -2.26. The van der Waals surface area contributed by atoms with Gasteiger partial charge in [-0.2, -0.15) is 0 Å². The van der Waals surface area contributed by atoms with E-state index in [1.54, 1.807) is 13.3 Å². The number of carbonyl (C=O) groups excluding carboxylic acids is 1. The summed E-state index contributed by atoms with van der Waals surface area (Å²) >= 11 is 3.46. The van der Waals surface area contributed by atoms with Crippen LogP contribution in [0.5, 0.6) is 5.75 Å². The van der Waals surface area contributed by atoms with Gasteiger partial charge in [0.2, 0.25) is 0 Å². The van der Waals surface area contributed by atoms with Crippen LogP contribution in [0.1, 0.15) is 20.8 Å². The van der Waals surface area contributed by atoms with Gasteiger partial charge in [-0.1, -0.05) is 15.9 Å². The quantitative estimate of drug-likeness (QED) is 0.789. The van der Waals surface area contributed by atoms with Crippen molar-refractivity contribution in [3.05, 3.63) is 28.9 Å². The van der Waals surface area contributed by atoms with E-state index in [0.717, 1.165) is 9.86 Å². The molecule has 1 aromatic heterocycles. The normalized spacial score (nSPS) is 11.6. The van der Waals surface area contributed by atoms with Gasteiger partial charge in [0.1, 0.15) is 16.9 Å². The van der Waals surface area contributed by atoms with E-state index in [1.807, 2.05) is 39.0 Å². The minimum absolute atomic E-state index is 0.418. The zero-order chi connectivity index (χ0) is 14.2. The summed E-state index contributed by atoms with van der Waals surface area (Å²) in [5.41, 5.74) is 0.165. The Morgan fingerprint density at radius 3 is 2.53 bits per heavy atom. The molecule has 1 aromatic carbocycles. The summed E-state index contributed by atoms with van der Waals surface area (Å²) in [6, 6.07) is 5.56. The standard InChI is InChI=1S/C14H16BrNO3/c1-14(2,3)19-13(17)16-8-7-9-10(15)5-6-11(18-4)12(9)16/h5-8H,1-4H3. The van der Waals surface area contributed by atoms with Gasteiger partial charge in [0.25, 0.3) is 0 Å². The Hall–Kier alpha value is -1.49. The Kier molecular flexibility index (Phi) is 3.58. The molecule has 0 N–H and O–H groups in total. The van der Waals surface area contributed by atoms with E-state index in [9.17, 15) is 4.79 Å². The number of benzene rings is 1. The number of rotatable bonds is 1. The summed E-state index contributed by atoms with van der Waals surface area (Å²) in [7, 11) is 1.58.